The Labute approximate surface area is 133 Å². The standard InChI is InChI=1S/C17H27N5/c1-4-8-22-9-7-13(12-22)11-19-17-15(10-18)14(5-2)16(6-3)20-21-17/h13H,4-9,11-12H2,1-3H3,(H,19,21). The summed E-state index contributed by atoms with van der Waals surface area (Å²) in [6.07, 6.45) is 4.07. The summed E-state index contributed by atoms with van der Waals surface area (Å²) in [6.45, 7) is 10.7. The lowest BCUT2D eigenvalue weighted by Gasteiger charge is -2.16. The van der Waals surface area contributed by atoms with Gasteiger partial charge in [0.15, 0.2) is 5.82 Å². The largest absolute Gasteiger partial charge is 0.367 e. The van der Waals surface area contributed by atoms with Gasteiger partial charge in [-0.15, -0.1) is 5.10 Å². The van der Waals surface area contributed by atoms with Gasteiger partial charge in [0.05, 0.1) is 5.69 Å². The van der Waals surface area contributed by atoms with Crippen LogP contribution in [-0.4, -0.2) is 41.3 Å². The second-order valence-electron chi connectivity index (χ2n) is 6.00. The third-order valence-corrected chi connectivity index (χ3v) is 4.43. The van der Waals surface area contributed by atoms with Crippen molar-refractivity contribution in [2.24, 2.45) is 5.92 Å². The number of likely N-dealkylation sites (tertiary alicyclic amines) is 1. The van der Waals surface area contributed by atoms with Crippen molar-refractivity contribution in [3.8, 4) is 6.07 Å². The van der Waals surface area contributed by atoms with Gasteiger partial charge in [-0.3, -0.25) is 0 Å². The molecule has 1 saturated heterocycles. The SMILES string of the molecule is CCCN1CCC(CNc2nnc(CC)c(CC)c2C#N)C1. The van der Waals surface area contributed by atoms with Crippen LogP contribution in [0.15, 0.2) is 0 Å². The van der Waals surface area contributed by atoms with Crippen LogP contribution < -0.4 is 5.32 Å². The van der Waals surface area contributed by atoms with Crippen LogP contribution in [0.3, 0.4) is 0 Å². The maximum atomic E-state index is 9.49. The quantitative estimate of drug-likeness (QED) is 0.838. The first-order chi connectivity index (χ1) is 10.7. The van der Waals surface area contributed by atoms with Gasteiger partial charge in [0.25, 0.3) is 0 Å². The average Bonchev–Trinajstić information content (AvgIpc) is 2.99. The summed E-state index contributed by atoms with van der Waals surface area (Å²) in [5.74, 6) is 1.29. The minimum Gasteiger partial charge on any atom is -0.367 e. The van der Waals surface area contributed by atoms with E-state index in [0.29, 0.717) is 17.3 Å². The first-order valence-corrected chi connectivity index (χ1v) is 8.48. The predicted octanol–water partition coefficient (Wildman–Crippen LogP) is 2.62. The molecular formula is C17H27N5. The molecule has 1 aromatic heterocycles. The molecule has 1 aliphatic heterocycles. The highest BCUT2D eigenvalue weighted by Gasteiger charge is 2.22. The molecule has 22 heavy (non-hydrogen) atoms. The third-order valence-electron chi connectivity index (χ3n) is 4.43. The second-order valence-corrected chi connectivity index (χ2v) is 6.00. The molecule has 2 rings (SSSR count). The molecule has 1 N–H and O–H groups in total. The van der Waals surface area contributed by atoms with E-state index in [9.17, 15) is 5.26 Å². The van der Waals surface area contributed by atoms with Crippen LogP contribution >= 0.6 is 0 Å². The maximum Gasteiger partial charge on any atom is 0.166 e. The summed E-state index contributed by atoms with van der Waals surface area (Å²) in [5.41, 5.74) is 2.67. The Kier molecular flexibility index (Phi) is 6.14. The van der Waals surface area contributed by atoms with Gasteiger partial charge in [0.2, 0.25) is 0 Å². The monoisotopic (exact) mass is 301 g/mol. The summed E-state index contributed by atoms with van der Waals surface area (Å²) in [7, 11) is 0. The molecule has 0 saturated carbocycles. The maximum absolute atomic E-state index is 9.49. The highest BCUT2D eigenvalue weighted by atomic mass is 15.2. The summed E-state index contributed by atoms with van der Waals surface area (Å²) in [5, 5.41) is 21.4. The van der Waals surface area contributed by atoms with Crippen molar-refractivity contribution < 1.29 is 0 Å². The zero-order chi connectivity index (χ0) is 15.9. The van der Waals surface area contributed by atoms with Crippen LogP contribution in [0.1, 0.15) is 50.4 Å². The van der Waals surface area contributed by atoms with E-state index in [-0.39, 0.29) is 0 Å². The second kappa shape index (κ2) is 8.09. The predicted molar refractivity (Wildman–Crippen MR) is 88.8 cm³/mol. The van der Waals surface area contributed by atoms with Crippen molar-refractivity contribution >= 4 is 5.82 Å². The lowest BCUT2D eigenvalue weighted by molar-refractivity contribution is 0.327. The first-order valence-electron chi connectivity index (χ1n) is 8.48. The Morgan fingerprint density at radius 2 is 2.09 bits per heavy atom. The van der Waals surface area contributed by atoms with E-state index in [0.717, 1.165) is 37.2 Å². The molecule has 1 aromatic rings. The van der Waals surface area contributed by atoms with E-state index in [2.05, 4.69) is 47.3 Å². The molecule has 5 heteroatoms. The summed E-state index contributed by atoms with van der Waals surface area (Å²) in [6, 6.07) is 2.32. The topological polar surface area (TPSA) is 64.8 Å². The van der Waals surface area contributed by atoms with Gasteiger partial charge in [-0.25, -0.2) is 0 Å². The Balaban J connectivity index is 2.03. The molecule has 0 aliphatic carbocycles. The van der Waals surface area contributed by atoms with Crippen molar-refractivity contribution in [2.75, 3.05) is 31.5 Å². The molecule has 0 spiro atoms. The average molecular weight is 301 g/mol. The normalized spacial score (nSPS) is 18.4. The molecule has 1 atom stereocenters. The van der Waals surface area contributed by atoms with Gasteiger partial charge in [0, 0.05) is 13.1 Å². The van der Waals surface area contributed by atoms with Crippen LogP contribution in [0.5, 0.6) is 0 Å². The summed E-state index contributed by atoms with van der Waals surface area (Å²) >= 11 is 0. The fourth-order valence-electron chi connectivity index (χ4n) is 3.26. The summed E-state index contributed by atoms with van der Waals surface area (Å²) in [4.78, 5) is 2.51. The number of nitrogens with one attached hydrogen (secondary N) is 1. The van der Waals surface area contributed by atoms with Crippen LogP contribution in [0, 0.1) is 17.2 Å². The Hall–Kier alpha value is -1.67. The van der Waals surface area contributed by atoms with E-state index in [1.807, 2.05) is 0 Å². The molecule has 1 unspecified atom stereocenters. The zero-order valence-corrected chi connectivity index (χ0v) is 14.0. The minimum absolute atomic E-state index is 0.635. The summed E-state index contributed by atoms with van der Waals surface area (Å²) < 4.78 is 0. The van der Waals surface area contributed by atoms with E-state index < -0.39 is 0 Å². The van der Waals surface area contributed by atoms with Crippen molar-refractivity contribution in [2.45, 2.75) is 46.5 Å². The van der Waals surface area contributed by atoms with Gasteiger partial charge in [-0.2, -0.15) is 10.4 Å². The van der Waals surface area contributed by atoms with E-state index in [1.165, 1.54) is 25.9 Å². The molecule has 0 aromatic carbocycles. The van der Waals surface area contributed by atoms with Crippen LogP contribution in [0.25, 0.3) is 0 Å². The molecular weight excluding hydrogens is 274 g/mol. The van der Waals surface area contributed by atoms with Crippen molar-refractivity contribution in [1.82, 2.24) is 15.1 Å². The van der Waals surface area contributed by atoms with Gasteiger partial charge in [-0.1, -0.05) is 20.8 Å². The molecule has 0 amide bonds. The van der Waals surface area contributed by atoms with Crippen LogP contribution in [0.4, 0.5) is 5.82 Å². The lowest BCUT2D eigenvalue weighted by atomic mass is 10.0. The number of anilines is 1. The number of hydrogen-bond donors (Lipinski definition) is 1. The lowest BCUT2D eigenvalue weighted by Crippen LogP contribution is -2.24. The molecule has 5 nitrogen and oxygen atoms in total. The van der Waals surface area contributed by atoms with Gasteiger partial charge in [0.1, 0.15) is 11.6 Å². The number of rotatable bonds is 7. The van der Waals surface area contributed by atoms with Gasteiger partial charge >= 0.3 is 0 Å². The van der Waals surface area contributed by atoms with Crippen LogP contribution in [0.2, 0.25) is 0 Å². The Bertz CT molecular complexity index is 535. The fourth-order valence-corrected chi connectivity index (χ4v) is 3.26. The third kappa shape index (κ3) is 3.75. The molecule has 0 bridgehead atoms. The minimum atomic E-state index is 0.635. The smallest absolute Gasteiger partial charge is 0.166 e. The van der Waals surface area contributed by atoms with E-state index in [1.54, 1.807) is 0 Å². The van der Waals surface area contributed by atoms with E-state index in [4.69, 9.17) is 0 Å². The first kappa shape index (κ1) is 16.7. The van der Waals surface area contributed by atoms with Gasteiger partial charge < -0.3 is 10.2 Å². The van der Waals surface area contributed by atoms with Crippen LogP contribution in [-0.2, 0) is 12.8 Å². The molecule has 0 radical (unpaired) electrons. The van der Waals surface area contributed by atoms with Gasteiger partial charge in [-0.05, 0) is 50.3 Å². The number of hydrogen-bond acceptors (Lipinski definition) is 5. The number of aryl methyl sites for hydroxylation is 1. The van der Waals surface area contributed by atoms with Crippen molar-refractivity contribution in [3.63, 3.8) is 0 Å². The Morgan fingerprint density at radius 1 is 1.27 bits per heavy atom. The fraction of sp³-hybridized carbons (Fsp3) is 0.706. The number of nitrogens with zero attached hydrogens (tertiary/aromatic N) is 4. The zero-order valence-electron chi connectivity index (χ0n) is 14.0. The Morgan fingerprint density at radius 3 is 2.73 bits per heavy atom. The van der Waals surface area contributed by atoms with E-state index >= 15 is 0 Å². The van der Waals surface area contributed by atoms with Crippen molar-refractivity contribution in [3.05, 3.63) is 16.8 Å². The molecule has 1 aliphatic rings. The number of nitriles is 1. The molecule has 1 fully saturated rings. The molecule has 2 heterocycles. The van der Waals surface area contributed by atoms with Crippen molar-refractivity contribution in [1.29, 1.82) is 5.26 Å². The highest BCUT2D eigenvalue weighted by Crippen LogP contribution is 2.22. The molecule has 120 valence electrons. The highest BCUT2D eigenvalue weighted by molar-refractivity contribution is 5.56. The number of aromatic nitrogens is 2.